The molecule has 0 amide bonds. The molecule has 0 N–H and O–H groups in total. The molecule has 0 aromatic carbocycles. The Balaban J connectivity index is 2.73. The standard InChI is InChI=1S/C13H20O4/c1-5-13(4,8-9(2)3)12(15)17-10-6-7-16-11(10)14/h8,10H,5-7H2,1-4H3. The predicted octanol–water partition coefficient (Wildman–Crippen LogP) is 2.23. The van der Waals surface area contributed by atoms with Gasteiger partial charge in [-0.15, -0.1) is 0 Å². The molecule has 96 valence electrons. The van der Waals surface area contributed by atoms with Crippen LogP contribution in [0.15, 0.2) is 11.6 Å². The van der Waals surface area contributed by atoms with Crippen molar-refractivity contribution in [3.05, 3.63) is 11.6 Å². The number of carbonyl (C=O) groups excluding carboxylic acids is 2. The first kappa shape index (κ1) is 13.7. The molecule has 4 heteroatoms. The maximum atomic E-state index is 12.1. The number of esters is 2. The summed E-state index contributed by atoms with van der Waals surface area (Å²) in [6.45, 7) is 7.95. The molecule has 2 unspecified atom stereocenters. The highest BCUT2D eigenvalue weighted by Gasteiger charge is 2.37. The molecule has 1 heterocycles. The summed E-state index contributed by atoms with van der Waals surface area (Å²) in [6.07, 6.45) is 2.26. The molecule has 17 heavy (non-hydrogen) atoms. The molecule has 1 saturated heterocycles. The third-order valence-electron chi connectivity index (χ3n) is 2.94. The number of carbonyl (C=O) groups is 2. The number of cyclic esters (lactones) is 1. The molecule has 0 aromatic heterocycles. The minimum absolute atomic E-state index is 0.336. The summed E-state index contributed by atoms with van der Waals surface area (Å²) in [4.78, 5) is 23.3. The van der Waals surface area contributed by atoms with E-state index in [1.807, 2.05) is 33.8 Å². The van der Waals surface area contributed by atoms with E-state index < -0.39 is 17.5 Å². The van der Waals surface area contributed by atoms with Gasteiger partial charge in [0.15, 0.2) is 0 Å². The van der Waals surface area contributed by atoms with Crippen LogP contribution in [-0.4, -0.2) is 24.6 Å². The highest BCUT2D eigenvalue weighted by atomic mass is 16.6. The second kappa shape index (κ2) is 5.34. The van der Waals surface area contributed by atoms with Crippen LogP contribution in [0.4, 0.5) is 0 Å². The summed E-state index contributed by atoms with van der Waals surface area (Å²) in [6, 6.07) is 0. The lowest BCUT2D eigenvalue weighted by atomic mass is 9.86. The quantitative estimate of drug-likeness (QED) is 0.558. The van der Waals surface area contributed by atoms with Crippen LogP contribution in [0.2, 0.25) is 0 Å². The molecular weight excluding hydrogens is 220 g/mol. The van der Waals surface area contributed by atoms with Crippen LogP contribution in [0, 0.1) is 5.41 Å². The fourth-order valence-corrected chi connectivity index (χ4v) is 1.79. The first-order valence-corrected chi connectivity index (χ1v) is 5.93. The monoisotopic (exact) mass is 240 g/mol. The smallest absolute Gasteiger partial charge is 0.347 e. The third kappa shape index (κ3) is 3.32. The fourth-order valence-electron chi connectivity index (χ4n) is 1.79. The summed E-state index contributed by atoms with van der Waals surface area (Å²) in [5.74, 6) is -0.793. The molecule has 1 aliphatic heterocycles. The molecular formula is C13H20O4. The molecule has 0 aliphatic carbocycles. The lowest BCUT2D eigenvalue weighted by Gasteiger charge is -2.24. The van der Waals surface area contributed by atoms with E-state index in [0.29, 0.717) is 19.4 Å². The highest BCUT2D eigenvalue weighted by molar-refractivity contribution is 5.84. The Morgan fingerprint density at radius 1 is 1.59 bits per heavy atom. The van der Waals surface area contributed by atoms with Gasteiger partial charge in [-0.05, 0) is 27.2 Å². The summed E-state index contributed by atoms with van der Waals surface area (Å²) in [5.41, 5.74) is 0.391. The van der Waals surface area contributed by atoms with E-state index in [1.54, 1.807) is 0 Å². The first-order valence-electron chi connectivity index (χ1n) is 5.93. The van der Waals surface area contributed by atoms with Gasteiger partial charge in [-0.25, -0.2) is 4.79 Å². The van der Waals surface area contributed by atoms with Gasteiger partial charge < -0.3 is 9.47 Å². The minimum atomic E-state index is -0.723. The molecule has 0 bridgehead atoms. The zero-order valence-corrected chi connectivity index (χ0v) is 10.9. The van der Waals surface area contributed by atoms with Crippen molar-refractivity contribution < 1.29 is 19.1 Å². The highest BCUT2D eigenvalue weighted by Crippen LogP contribution is 2.28. The molecule has 1 fully saturated rings. The van der Waals surface area contributed by atoms with E-state index in [2.05, 4.69) is 0 Å². The van der Waals surface area contributed by atoms with Crippen molar-refractivity contribution >= 4 is 11.9 Å². The largest absolute Gasteiger partial charge is 0.463 e. The van der Waals surface area contributed by atoms with E-state index >= 15 is 0 Å². The van der Waals surface area contributed by atoms with Crippen LogP contribution in [0.3, 0.4) is 0 Å². The topological polar surface area (TPSA) is 52.6 Å². The maximum absolute atomic E-state index is 12.1. The summed E-state index contributed by atoms with van der Waals surface area (Å²) < 4.78 is 9.98. The van der Waals surface area contributed by atoms with Crippen molar-refractivity contribution in [1.82, 2.24) is 0 Å². The number of rotatable bonds is 4. The van der Waals surface area contributed by atoms with E-state index in [9.17, 15) is 9.59 Å². The van der Waals surface area contributed by atoms with Crippen LogP contribution in [-0.2, 0) is 19.1 Å². The summed E-state index contributed by atoms with van der Waals surface area (Å²) in [5, 5.41) is 0. The molecule has 0 aromatic rings. The van der Waals surface area contributed by atoms with Gasteiger partial charge in [0, 0.05) is 6.42 Å². The summed E-state index contributed by atoms with van der Waals surface area (Å²) >= 11 is 0. The van der Waals surface area contributed by atoms with Crippen molar-refractivity contribution in [1.29, 1.82) is 0 Å². The lowest BCUT2D eigenvalue weighted by Crippen LogP contribution is -2.33. The second-order valence-electron chi connectivity index (χ2n) is 4.84. The Labute approximate surface area is 102 Å². The molecule has 0 saturated carbocycles. The zero-order chi connectivity index (χ0) is 13.1. The van der Waals surface area contributed by atoms with Crippen molar-refractivity contribution in [2.24, 2.45) is 5.41 Å². The molecule has 1 rings (SSSR count). The Hall–Kier alpha value is -1.32. The second-order valence-corrected chi connectivity index (χ2v) is 4.84. The van der Waals surface area contributed by atoms with E-state index in [1.165, 1.54) is 0 Å². The number of allylic oxidation sites excluding steroid dienone is 1. The maximum Gasteiger partial charge on any atom is 0.347 e. The SMILES string of the molecule is CCC(C)(C=C(C)C)C(=O)OC1CCOC1=O. The molecule has 1 aliphatic rings. The van der Waals surface area contributed by atoms with Crippen molar-refractivity contribution in [2.75, 3.05) is 6.61 Å². The molecule has 0 spiro atoms. The zero-order valence-electron chi connectivity index (χ0n) is 10.9. The van der Waals surface area contributed by atoms with E-state index in [0.717, 1.165) is 5.57 Å². The van der Waals surface area contributed by atoms with Crippen molar-refractivity contribution in [2.45, 2.75) is 46.6 Å². The van der Waals surface area contributed by atoms with Gasteiger partial charge in [0.05, 0.1) is 12.0 Å². The minimum Gasteiger partial charge on any atom is -0.463 e. The Bertz CT molecular complexity index is 341. The van der Waals surface area contributed by atoms with Crippen molar-refractivity contribution in [3.8, 4) is 0 Å². The Morgan fingerprint density at radius 3 is 2.65 bits per heavy atom. The van der Waals surface area contributed by atoms with Gasteiger partial charge in [-0.3, -0.25) is 4.79 Å². The van der Waals surface area contributed by atoms with E-state index in [-0.39, 0.29) is 5.97 Å². The molecule has 0 radical (unpaired) electrons. The Morgan fingerprint density at radius 2 is 2.24 bits per heavy atom. The van der Waals surface area contributed by atoms with Crippen LogP contribution in [0.25, 0.3) is 0 Å². The van der Waals surface area contributed by atoms with Crippen LogP contribution < -0.4 is 0 Å². The van der Waals surface area contributed by atoms with Gasteiger partial charge >= 0.3 is 11.9 Å². The molecule has 4 nitrogen and oxygen atoms in total. The third-order valence-corrected chi connectivity index (χ3v) is 2.94. The van der Waals surface area contributed by atoms with Crippen LogP contribution in [0.5, 0.6) is 0 Å². The van der Waals surface area contributed by atoms with Crippen LogP contribution >= 0.6 is 0 Å². The average Bonchev–Trinajstić information content (AvgIpc) is 2.63. The lowest BCUT2D eigenvalue weighted by molar-refractivity contribution is -0.165. The van der Waals surface area contributed by atoms with Gasteiger partial charge in [-0.2, -0.15) is 0 Å². The van der Waals surface area contributed by atoms with Gasteiger partial charge in [-0.1, -0.05) is 18.6 Å². The summed E-state index contributed by atoms with van der Waals surface area (Å²) in [7, 11) is 0. The number of ether oxygens (including phenoxy) is 2. The van der Waals surface area contributed by atoms with E-state index in [4.69, 9.17) is 9.47 Å². The first-order chi connectivity index (χ1) is 7.89. The van der Waals surface area contributed by atoms with Gasteiger partial charge in [0.2, 0.25) is 6.10 Å². The molecule has 2 atom stereocenters. The fraction of sp³-hybridized carbons (Fsp3) is 0.692. The van der Waals surface area contributed by atoms with Gasteiger partial charge in [0.1, 0.15) is 0 Å². The normalized spacial score (nSPS) is 22.6. The predicted molar refractivity (Wildman–Crippen MR) is 63.3 cm³/mol. The average molecular weight is 240 g/mol. The number of hydrogen-bond donors (Lipinski definition) is 0. The number of hydrogen-bond acceptors (Lipinski definition) is 4. The Kier molecular flexibility index (Phi) is 4.32. The van der Waals surface area contributed by atoms with Gasteiger partial charge in [0.25, 0.3) is 0 Å². The van der Waals surface area contributed by atoms with Crippen LogP contribution in [0.1, 0.15) is 40.5 Å². The van der Waals surface area contributed by atoms with Crippen molar-refractivity contribution in [3.63, 3.8) is 0 Å².